The van der Waals surface area contributed by atoms with Crippen molar-refractivity contribution in [2.45, 2.75) is 104 Å². The van der Waals surface area contributed by atoms with Crippen LogP contribution in [0.3, 0.4) is 0 Å². The van der Waals surface area contributed by atoms with Gasteiger partial charge in [0.05, 0.1) is 0 Å². The number of rotatable bonds is 14. The van der Waals surface area contributed by atoms with Crippen LogP contribution in [0.1, 0.15) is 97.8 Å². The van der Waals surface area contributed by atoms with E-state index in [1.54, 1.807) is 6.92 Å². The van der Waals surface area contributed by atoms with Crippen LogP contribution in [0.15, 0.2) is 12.2 Å². The summed E-state index contributed by atoms with van der Waals surface area (Å²) in [6.07, 6.45) is 14.7. The van der Waals surface area contributed by atoms with Crippen LogP contribution in [0.25, 0.3) is 0 Å². The molecule has 0 aliphatic carbocycles. The van der Waals surface area contributed by atoms with Gasteiger partial charge in [0.25, 0.3) is 0 Å². The highest BCUT2D eigenvalue weighted by Crippen LogP contribution is 2.17. The second-order valence-corrected chi connectivity index (χ2v) is 6.21. The normalized spacial score (nSPS) is 12.1. The zero-order valence-electron chi connectivity index (χ0n) is 14.6. The maximum Gasteiger partial charge on any atom is 0.333 e. The Morgan fingerprint density at radius 2 is 1.29 bits per heavy atom. The molecule has 0 aromatic rings. The Morgan fingerprint density at radius 1 is 0.857 bits per heavy atom. The Balaban J connectivity index is 3.94. The van der Waals surface area contributed by atoms with Gasteiger partial charge >= 0.3 is 5.97 Å². The molecular weight excluding hydrogens is 260 g/mol. The molecule has 0 heterocycles. The lowest BCUT2D eigenvalue weighted by Gasteiger charge is -2.18. The Morgan fingerprint density at radius 3 is 1.76 bits per heavy atom. The molecule has 0 rings (SSSR count). The number of hydrogen-bond donors (Lipinski definition) is 0. The summed E-state index contributed by atoms with van der Waals surface area (Å²) >= 11 is 0. The molecule has 21 heavy (non-hydrogen) atoms. The fourth-order valence-electron chi connectivity index (χ4n) is 2.47. The lowest BCUT2D eigenvalue weighted by molar-refractivity contribution is -0.145. The average Bonchev–Trinajstić information content (AvgIpc) is 2.46. The Labute approximate surface area is 132 Å². The monoisotopic (exact) mass is 296 g/mol. The van der Waals surface area contributed by atoms with Crippen LogP contribution in [-0.4, -0.2) is 12.1 Å². The standard InChI is InChI=1S/C19H36O2/c1-5-7-9-11-12-14-16-18(15-13-10-8-6-2)21-19(20)17(3)4/h18H,3,5-16H2,1-2,4H3. The van der Waals surface area contributed by atoms with E-state index in [1.807, 2.05) is 0 Å². The molecule has 0 bridgehead atoms. The highest BCUT2D eigenvalue weighted by molar-refractivity contribution is 5.87. The van der Waals surface area contributed by atoms with E-state index < -0.39 is 0 Å². The molecule has 0 aromatic heterocycles. The van der Waals surface area contributed by atoms with Crippen LogP contribution < -0.4 is 0 Å². The van der Waals surface area contributed by atoms with Crippen molar-refractivity contribution in [3.05, 3.63) is 12.2 Å². The smallest absolute Gasteiger partial charge is 0.333 e. The fraction of sp³-hybridized carbons (Fsp3) is 0.842. The second kappa shape index (κ2) is 14.2. The molecule has 0 saturated heterocycles. The van der Waals surface area contributed by atoms with Gasteiger partial charge in [-0.15, -0.1) is 0 Å². The maximum atomic E-state index is 11.7. The molecule has 0 N–H and O–H groups in total. The van der Waals surface area contributed by atoms with Gasteiger partial charge in [-0.3, -0.25) is 0 Å². The van der Waals surface area contributed by atoms with Gasteiger partial charge < -0.3 is 4.74 Å². The molecule has 0 aliphatic heterocycles. The van der Waals surface area contributed by atoms with Gasteiger partial charge in [-0.2, -0.15) is 0 Å². The summed E-state index contributed by atoms with van der Waals surface area (Å²) in [6, 6.07) is 0. The Hall–Kier alpha value is -0.790. The van der Waals surface area contributed by atoms with E-state index in [1.165, 1.54) is 57.8 Å². The van der Waals surface area contributed by atoms with Crippen LogP contribution in [0.4, 0.5) is 0 Å². The number of hydrogen-bond acceptors (Lipinski definition) is 2. The molecule has 2 nitrogen and oxygen atoms in total. The molecular formula is C19H36O2. The first-order valence-electron chi connectivity index (χ1n) is 8.98. The average molecular weight is 296 g/mol. The Kier molecular flexibility index (Phi) is 13.6. The van der Waals surface area contributed by atoms with Crippen molar-refractivity contribution in [3.8, 4) is 0 Å². The van der Waals surface area contributed by atoms with Gasteiger partial charge in [0.1, 0.15) is 6.10 Å². The second-order valence-electron chi connectivity index (χ2n) is 6.21. The number of carbonyl (C=O) groups is 1. The molecule has 1 unspecified atom stereocenters. The third-order valence-corrected chi connectivity index (χ3v) is 3.88. The van der Waals surface area contributed by atoms with Crippen LogP contribution in [0.5, 0.6) is 0 Å². The van der Waals surface area contributed by atoms with Gasteiger partial charge in [-0.25, -0.2) is 4.79 Å². The molecule has 0 saturated carbocycles. The molecule has 0 amide bonds. The van der Waals surface area contributed by atoms with Crippen molar-refractivity contribution in [2.24, 2.45) is 0 Å². The van der Waals surface area contributed by atoms with Crippen LogP contribution in [0.2, 0.25) is 0 Å². The minimum Gasteiger partial charge on any atom is -0.459 e. The van der Waals surface area contributed by atoms with E-state index in [-0.39, 0.29) is 12.1 Å². The first kappa shape index (κ1) is 20.2. The maximum absolute atomic E-state index is 11.7. The number of carbonyl (C=O) groups excluding carboxylic acids is 1. The van der Waals surface area contributed by atoms with Gasteiger partial charge in [0, 0.05) is 5.57 Å². The highest BCUT2D eigenvalue weighted by Gasteiger charge is 2.14. The molecule has 0 aliphatic rings. The molecule has 2 heteroatoms. The van der Waals surface area contributed by atoms with E-state index >= 15 is 0 Å². The zero-order chi connectivity index (χ0) is 15.9. The molecule has 0 radical (unpaired) electrons. The minimum atomic E-state index is -0.221. The van der Waals surface area contributed by atoms with Crippen LogP contribution >= 0.6 is 0 Å². The van der Waals surface area contributed by atoms with Gasteiger partial charge in [0.15, 0.2) is 0 Å². The molecule has 0 spiro atoms. The summed E-state index contributed by atoms with van der Waals surface area (Å²) in [6.45, 7) is 9.85. The van der Waals surface area contributed by atoms with Gasteiger partial charge in [0.2, 0.25) is 0 Å². The fourth-order valence-corrected chi connectivity index (χ4v) is 2.47. The molecule has 1 atom stereocenters. The van der Waals surface area contributed by atoms with Crippen molar-refractivity contribution >= 4 is 5.97 Å². The summed E-state index contributed by atoms with van der Waals surface area (Å²) in [5.74, 6) is -0.221. The summed E-state index contributed by atoms with van der Waals surface area (Å²) < 4.78 is 5.58. The molecule has 0 aromatic carbocycles. The third kappa shape index (κ3) is 12.6. The van der Waals surface area contributed by atoms with E-state index in [0.717, 1.165) is 19.3 Å². The number of unbranched alkanes of at least 4 members (excludes halogenated alkanes) is 8. The quantitative estimate of drug-likeness (QED) is 0.217. The summed E-state index contributed by atoms with van der Waals surface area (Å²) in [5.41, 5.74) is 0.511. The van der Waals surface area contributed by atoms with Crippen LogP contribution in [0, 0.1) is 0 Å². The molecule has 124 valence electrons. The van der Waals surface area contributed by atoms with Crippen molar-refractivity contribution < 1.29 is 9.53 Å². The predicted octanol–water partition coefficient (Wildman–Crippen LogP) is 6.20. The van der Waals surface area contributed by atoms with Gasteiger partial charge in [-0.05, 0) is 32.6 Å². The first-order chi connectivity index (χ1) is 10.1. The van der Waals surface area contributed by atoms with E-state index in [9.17, 15) is 4.79 Å². The summed E-state index contributed by atoms with van der Waals surface area (Å²) in [5, 5.41) is 0. The van der Waals surface area contributed by atoms with Gasteiger partial charge in [-0.1, -0.05) is 71.8 Å². The number of ether oxygens (including phenoxy) is 1. The Bertz CT molecular complexity index is 271. The molecule has 0 fully saturated rings. The van der Waals surface area contributed by atoms with E-state index in [4.69, 9.17) is 4.74 Å². The summed E-state index contributed by atoms with van der Waals surface area (Å²) in [4.78, 5) is 11.7. The van der Waals surface area contributed by atoms with Crippen molar-refractivity contribution in [1.82, 2.24) is 0 Å². The lowest BCUT2D eigenvalue weighted by Crippen LogP contribution is -2.18. The van der Waals surface area contributed by atoms with Crippen LogP contribution in [-0.2, 0) is 9.53 Å². The van der Waals surface area contributed by atoms with Crippen molar-refractivity contribution in [3.63, 3.8) is 0 Å². The number of esters is 1. The van der Waals surface area contributed by atoms with E-state index in [2.05, 4.69) is 20.4 Å². The zero-order valence-corrected chi connectivity index (χ0v) is 14.6. The van der Waals surface area contributed by atoms with Crippen molar-refractivity contribution in [2.75, 3.05) is 0 Å². The minimum absolute atomic E-state index is 0.0947. The van der Waals surface area contributed by atoms with Crippen molar-refractivity contribution in [1.29, 1.82) is 0 Å². The lowest BCUT2D eigenvalue weighted by atomic mass is 10.0. The highest BCUT2D eigenvalue weighted by atomic mass is 16.5. The third-order valence-electron chi connectivity index (χ3n) is 3.88. The largest absolute Gasteiger partial charge is 0.459 e. The summed E-state index contributed by atoms with van der Waals surface area (Å²) in [7, 11) is 0. The first-order valence-corrected chi connectivity index (χ1v) is 8.98. The predicted molar refractivity (Wildman–Crippen MR) is 91.4 cm³/mol. The SMILES string of the molecule is C=C(C)C(=O)OC(CCCCCC)CCCCCCCC. The van der Waals surface area contributed by atoms with E-state index in [0.29, 0.717) is 5.57 Å². The topological polar surface area (TPSA) is 26.3 Å².